The monoisotopic (exact) mass is 359 g/mol. The molecule has 0 aliphatic rings. The molecule has 0 aromatic carbocycles. The van der Waals surface area contributed by atoms with Crippen LogP contribution in [0.2, 0.25) is 10.6 Å². The number of imidazole rings is 1. The minimum Gasteiger partial charge on any atom is -0.367 e. The summed E-state index contributed by atoms with van der Waals surface area (Å²) in [4.78, 5) is 31.8. The van der Waals surface area contributed by atoms with Crippen molar-refractivity contribution in [3.63, 3.8) is 0 Å². The van der Waals surface area contributed by atoms with E-state index in [1.54, 1.807) is 35.7 Å². The molecule has 118 valence electrons. The second-order valence-electron chi connectivity index (χ2n) is 4.55. The summed E-state index contributed by atoms with van der Waals surface area (Å²) in [5.41, 5.74) is 0.760. The van der Waals surface area contributed by atoms with Gasteiger partial charge < -0.3 is 4.98 Å². The van der Waals surface area contributed by atoms with Crippen molar-refractivity contribution in [2.75, 3.05) is 0 Å². The highest BCUT2D eigenvalue weighted by atomic mass is 35.5. The lowest BCUT2D eigenvalue weighted by Gasteiger charge is -2.05. The Morgan fingerprint density at radius 2 is 1.62 bits per heavy atom. The van der Waals surface area contributed by atoms with E-state index >= 15 is 0 Å². The first kappa shape index (κ1) is 14.7. The molecule has 11 heteroatoms. The highest BCUT2D eigenvalue weighted by Gasteiger charge is 2.15. The minimum atomic E-state index is 0.00318. The molecule has 0 bridgehead atoms. The Bertz CT molecular complexity index is 901. The van der Waals surface area contributed by atoms with Crippen molar-refractivity contribution in [3.8, 4) is 29.0 Å². The largest absolute Gasteiger partial charge is 0.367 e. The summed E-state index contributed by atoms with van der Waals surface area (Å²) in [7, 11) is 0. The third kappa shape index (κ3) is 2.82. The van der Waals surface area contributed by atoms with E-state index in [1.807, 2.05) is 6.07 Å². The molecule has 0 fully saturated rings. The summed E-state index contributed by atoms with van der Waals surface area (Å²) in [6.45, 7) is 0. The molecule has 0 unspecified atom stereocenters. The second-order valence-corrected chi connectivity index (χ2v) is 5.23. The molecule has 0 amide bonds. The molecule has 0 saturated heterocycles. The molecule has 0 atom stereocenters. The summed E-state index contributed by atoms with van der Waals surface area (Å²) in [6, 6.07) is 1.81. The van der Waals surface area contributed by atoms with Gasteiger partial charge >= 0.3 is 0 Å². The number of aromatic nitrogens is 9. The van der Waals surface area contributed by atoms with E-state index < -0.39 is 0 Å². The lowest BCUT2D eigenvalue weighted by Crippen LogP contribution is -2.06. The first-order chi connectivity index (χ1) is 11.7. The normalized spacial score (nSPS) is 10.9. The fourth-order valence-corrected chi connectivity index (χ4v) is 2.29. The number of hydrogen-bond acceptors (Lipinski definition) is 7. The van der Waals surface area contributed by atoms with Crippen molar-refractivity contribution in [2.45, 2.75) is 0 Å². The van der Waals surface area contributed by atoms with Crippen LogP contribution in [0.1, 0.15) is 0 Å². The highest BCUT2D eigenvalue weighted by Crippen LogP contribution is 2.20. The molecule has 0 saturated carbocycles. The van der Waals surface area contributed by atoms with Crippen LogP contribution >= 0.6 is 23.2 Å². The van der Waals surface area contributed by atoms with Crippen LogP contribution in [0.5, 0.6) is 0 Å². The van der Waals surface area contributed by atoms with Crippen LogP contribution in [0.25, 0.3) is 29.0 Å². The topological polar surface area (TPSA) is 111 Å². The van der Waals surface area contributed by atoms with E-state index in [2.05, 4.69) is 39.9 Å². The van der Waals surface area contributed by atoms with Crippen LogP contribution in [0.4, 0.5) is 0 Å². The molecular formula is C13H7Cl2N9. The van der Waals surface area contributed by atoms with Crippen LogP contribution in [0, 0.1) is 0 Å². The van der Waals surface area contributed by atoms with Gasteiger partial charge in [0.05, 0.1) is 0 Å². The van der Waals surface area contributed by atoms with Crippen molar-refractivity contribution < 1.29 is 0 Å². The second kappa shape index (κ2) is 5.95. The molecule has 9 nitrogen and oxygen atoms in total. The predicted octanol–water partition coefficient (Wildman–Crippen LogP) is 2.21. The predicted molar refractivity (Wildman–Crippen MR) is 85.6 cm³/mol. The summed E-state index contributed by atoms with van der Waals surface area (Å²) in [6.07, 6.45) is 8.32. The molecule has 4 heterocycles. The molecule has 0 aliphatic carbocycles. The zero-order chi connectivity index (χ0) is 16.5. The van der Waals surface area contributed by atoms with Gasteiger partial charge in [0.25, 0.3) is 0 Å². The average molecular weight is 360 g/mol. The molecule has 0 aliphatic heterocycles. The lowest BCUT2D eigenvalue weighted by molar-refractivity contribution is 0.888. The fraction of sp³-hybridized carbons (Fsp3) is 0. The lowest BCUT2D eigenvalue weighted by atomic mass is 10.3. The number of rotatable bonds is 3. The van der Waals surface area contributed by atoms with Crippen LogP contribution < -0.4 is 0 Å². The Labute approximate surface area is 144 Å². The average Bonchev–Trinajstić information content (AvgIpc) is 3.27. The minimum absolute atomic E-state index is 0.00318. The number of hydrogen-bond donors (Lipinski definition) is 1. The third-order valence-corrected chi connectivity index (χ3v) is 3.33. The smallest absolute Gasteiger partial charge is 0.239 e. The van der Waals surface area contributed by atoms with Crippen molar-refractivity contribution >= 4 is 23.2 Å². The molecular weight excluding hydrogens is 353 g/mol. The van der Waals surface area contributed by atoms with Gasteiger partial charge in [-0.3, -0.25) is 4.57 Å². The first-order valence-electron chi connectivity index (χ1n) is 6.64. The van der Waals surface area contributed by atoms with E-state index in [9.17, 15) is 0 Å². The summed E-state index contributed by atoms with van der Waals surface area (Å²) >= 11 is 12.0. The maximum absolute atomic E-state index is 6.00. The standard InChI is InChI=1S/C13H7Cl2N9/c14-11-19-8(7-1-2-16-5-7)18-9(20-11)10-21-12(15)23-13(22-10)24-4-3-17-6-24/h1-6,16H. The van der Waals surface area contributed by atoms with Crippen LogP contribution in [0.3, 0.4) is 0 Å². The van der Waals surface area contributed by atoms with Crippen LogP contribution in [-0.2, 0) is 0 Å². The van der Waals surface area contributed by atoms with Gasteiger partial charge in [0.2, 0.25) is 28.2 Å². The summed E-state index contributed by atoms with van der Waals surface area (Å²) in [5, 5.41) is 0.0281. The van der Waals surface area contributed by atoms with Gasteiger partial charge in [0.1, 0.15) is 6.33 Å². The Morgan fingerprint density at radius 3 is 2.33 bits per heavy atom. The number of nitrogens with one attached hydrogen (secondary N) is 1. The van der Waals surface area contributed by atoms with E-state index in [1.165, 1.54) is 0 Å². The Kier molecular flexibility index (Phi) is 3.63. The van der Waals surface area contributed by atoms with E-state index in [-0.39, 0.29) is 22.2 Å². The highest BCUT2D eigenvalue weighted by molar-refractivity contribution is 6.28. The van der Waals surface area contributed by atoms with Crippen molar-refractivity contribution in [1.29, 1.82) is 0 Å². The summed E-state index contributed by atoms with van der Waals surface area (Å²) in [5.74, 6) is 1.06. The molecule has 4 aromatic rings. The number of halogens is 2. The van der Waals surface area contributed by atoms with Crippen molar-refractivity contribution in [2.24, 2.45) is 0 Å². The Morgan fingerprint density at radius 1 is 0.875 bits per heavy atom. The zero-order valence-electron chi connectivity index (χ0n) is 11.8. The first-order valence-corrected chi connectivity index (χ1v) is 7.39. The van der Waals surface area contributed by atoms with Gasteiger partial charge in [-0.2, -0.15) is 24.9 Å². The third-order valence-electron chi connectivity index (χ3n) is 3.00. The molecule has 4 rings (SSSR count). The SMILES string of the molecule is Clc1nc(-c2cc[nH]c2)nc(-c2nc(Cl)nc(-n3ccnc3)n2)n1. The molecule has 1 N–H and O–H groups in total. The van der Waals surface area contributed by atoms with Gasteiger partial charge in [-0.05, 0) is 29.3 Å². The van der Waals surface area contributed by atoms with Gasteiger partial charge in [0, 0.05) is 30.4 Å². The zero-order valence-corrected chi connectivity index (χ0v) is 13.3. The Balaban J connectivity index is 1.84. The van der Waals surface area contributed by atoms with Gasteiger partial charge in [0.15, 0.2) is 5.82 Å². The van der Waals surface area contributed by atoms with Gasteiger partial charge in [-0.15, -0.1) is 0 Å². The van der Waals surface area contributed by atoms with Gasteiger partial charge in [-0.25, -0.2) is 9.97 Å². The molecule has 0 spiro atoms. The van der Waals surface area contributed by atoms with Crippen LogP contribution in [0.15, 0.2) is 37.2 Å². The van der Waals surface area contributed by atoms with Crippen molar-refractivity contribution in [1.82, 2.24) is 44.4 Å². The summed E-state index contributed by atoms with van der Waals surface area (Å²) < 4.78 is 1.59. The number of nitrogens with zero attached hydrogens (tertiary/aromatic N) is 8. The van der Waals surface area contributed by atoms with E-state index in [4.69, 9.17) is 23.2 Å². The maximum Gasteiger partial charge on any atom is 0.239 e. The fourth-order valence-electron chi connectivity index (χ4n) is 1.97. The maximum atomic E-state index is 6.00. The number of H-pyrrole nitrogens is 1. The van der Waals surface area contributed by atoms with E-state index in [0.29, 0.717) is 11.8 Å². The molecule has 0 radical (unpaired) electrons. The molecule has 4 aromatic heterocycles. The number of aromatic amines is 1. The molecule has 24 heavy (non-hydrogen) atoms. The van der Waals surface area contributed by atoms with Crippen molar-refractivity contribution in [3.05, 3.63) is 47.7 Å². The Hall–Kier alpha value is -2.91. The quantitative estimate of drug-likeness (QED) is 0.596. The van der Waals surface area contributed by atoms with Gasteiger partial charge in [-0.1, -0.05) is 0 Å². The van der Waals surface area contributed by atoms with Crippen LogP contribution in [-0.4, -0.2) is 44.4 Å². The van der Waals surface area contributed by atoms with E-state index in [0.717, 1.165) is 5.56 Å².